The molecule has 0 saturated carbocycles. The number of phenols is 1. The van der Waals surface area contributed by atoms with Gasteiger partial charge in [-0.2, -0.15) is 5.10 Å². The summed E-state index contributed by atoms with van der Waals surface area (Å²) in [5, 5.41) is 13.9. The van der Waals surface area contributed by atoms with Gasteiger partial charge in [0, 0.05) is 16.8 Å². The lowest BCUT2D eigenvalue weighted by atomic mass is 10.2. The quantitative estimate of drug-likeness (QED) is 0.592. The zero-order chi connectivity index (χ0) is 16.3. The third kappa shape index (κ3) is 3.20. The highest BCUT2D eigenvalue weighted by Gasteiger charge is 2.09. The molecule has 2 rings (SSSR count). The van der Waals surface area contributed by atoms with Crippen molar-refractivity contribution in [2.75, 3.05) is 12.5 Å². The summed E-state index contributed by atoms with van der Waals surface area (Å²) < 4.78 is 4.95. The Morgan fingerprint density at radius 2 is 2.18 bits per heavy atom. The molecule has 0 spiro atoms. The molecule has 0 saturated heterocycles. The first kappa shape index (κ1) is 15.8. The fourth-order valence-corrected chi connectivity index (χ4v) is 1.89. The van der Waals surface area contributed by atoms with Crippen LogP contribution in [0.25, 0.3) is 0 Å². The van der Waals surface area contributed by atoms with Crippen LogP contribution in [0.15, 0.2) is 22.0 Å². The summed E-state index contributed by atoms with van der Waals surface area (Å²) in [6.45, 7) is 3.42. The molecule has 0 fully saturated rings. The fraction of sp³-hybridized carbons (Fsp3) is 0.214. The molecule has 1 heterocycles. The number of hydrogen-bond acceptors (Lipinski definition) is 6. The van der Waals surface area contributed by atoms with E-state index in [1.165, 1.54) is 13.3 Å². The highest BCUT2D eigenvalue weighted by Crippen LogP contribution is 2.35. The molecule has 0 unspecified atom stereocenters. The van der Waals surface area contributed by atoms with Crippen molar-refractivity contribution < 1.29 is 9.84 Å². The van der Waals surface area contributed by atoms with Crippen LogP contribution < -0.4 is 15.7 Å². The van der Waals surface area contributed by atoms with E-state index in [-0.39, 0.29) is 28.0 Å². The number of aryl methyl sites for hydroxylation is 1. The highest BCUT2D eigenvalue weighted by atomic mass is 35.5. The van der Waals surface area contributed by atoms with Gasteiger partial charge in [0.15, 0.2) is 11.5 Å². The number of rotatable bonds is 4. The van der Waals surface area contributed by atoms with Gasteiger partial charge >= 0.3 is 0 Å². The predicted octanol–water partition coefficient (Wildman–Crippen LogP) is 2.20. The number of nitrogens with zero attached hydrogens (tertiary/aromatic N) is 2. The van der Waals surface area contributed by atoms with Crippen molar-refractivity contribution in [1.82, 2.24) is 9.97 Å². The van der Waals surface area contributed by atoms with Crippen molar-refractivity contribution in [2.45, 2.75) is 13.8 Å². The van der Waals surface area contributed by atoms with Gasteiger partial charge in [-0.25, -0.2) is 10.4 Å². The number of hydrogen-bond donors (Lipinski definition) is 3. The number of phenolic OH excluding ortho intramolecular Hbond substituents is 1. The SMILES string of the molecule is COc1ccc(/C=N\Nc2nc(C)c(C)c(=O)[nH]2)c(Cl)c1O. The molecule has 0 radical (unpaired) electrons. The number of benzene rings is 1. The molecule has 22 heavy (non-hydrogen) atoms. The van der Waals surface area contributed by atoms with E-state index < -0.39 is 0 Å². The number of anilines is 1. The van der Waals surface area contributed by atoms with Crippen LogP contribution in [0.5, 0.6) is 11.5 Å². The van der Waals surface area contributed by atoms with Crippen molar-refractivity contribution in [1.29, 1.82) is 0 Å². The van der Waals surface area contributed by atoms with Gasteiger partial charge in [0.25, 0.3) is 5.56 Å². The number of nitrogens with one attached hydrogen (secondary N) is 2. The summed E-state index contributed by atoms with van der Waals surface area (Å²) in [7, 11) is 1.43. The first-order valence-corrected chi connectivity index (χ1v) is 6.74. The van der Waals surface area contributed by atoms with Gasteiger partial charge in [-0.05, 0) is 26.0 Å². The van der Waals surface area contributed by atoms with Crippen LogP contribution in [0.3, 0.4) is 0 Å². The van der Waals surface area contributed by atoms with Gasteiger partial charge < -0.3 is 9.84 Å². The lowest BCUT2D eigenvalue weighted by Gasteiger charge is -2.06. The first-order chi connectivity index (χ1) is 10.4. The topological polar surface area (TPSA) is 99.6 Å². The van der Waals surface area contributed by atoms with E-state index in [0.717, 1.165) is 0 Å². The summed E-state index contributed by atoms with van der Waals surface area (Å²) in [5.41, 5.74) is 4.03. The average Bonchev–Trinajstić information content (AvgIpc) is 2.49. The van der Waals surface area contributed by atoms with Crippen LogP contribution >= 0.6 is 11.6 Å². The maximum absolute atomic E-state index is 11.6. The second kappa shape index (κ2) is 6.48. The zero-order valence-electron chi connectivity index (χ0n) is 12.3. The largest absolute Gasteiger partial charge is 0.503 e. The van der Waals surface area contributed by atoms with Gasteiger partial charge in [0.2, 0.25) is 5.95 Å². The van der Waals surface area contributed by atoms with E-state index in [2.05, 4.69) is 20.5 Å². The van der Waals surface area contributed by atoms with Crippen molar-refractivity contribution >= 4 is 23.8 Å². The van der Waals surface area contributed by atoms with E-state index in [1.807, 2.05) is 0 Å². The van der Waals surface area contributed by atoms with Crippen LogP contribution in [0, 0.1) is 13.8 Å². The van der Waals surface area contributed by atoms with Crippen molar-refractivity contribution in [3.8, 4) is 11.5 Å². The summed E-state index contributed by atoms with van der Waals surface area (Å²) in [5.74, 6) is 0.333. The number of aromatic nitrogens is 2. The molecular formula is C14H15ClN4O3. The van der Waals surface area contributed by atoms with Gasteiger partial charge in [-0.3, -0.25) is 9.78 Å². The van der Waals surface area contributed by atoms with Crippen LogP contribution in [0.4, 0.5) is 5.95 Å². The van der Waals surface area contributed by atoms with E-state index in [1.54, 1.807) is 26.0 Å². The molecule has 2 aromatic rings. The van der Waals surface area contributed by atoms with Crippen LogP contribution in [0.2, 0.25) is 5.02 Å². The van der Waals surface area contributed by atoms with Gasteiger partial charge in [0.1, 0.15) is 0 Å². The van der Waals surface area contributed by atoms with Crippen LogP contribution in [0.1, 0.15) is 16.8 Å². The molecule has 8 heteroatoms. The minimum absolute atomic E-state index is 0.117. The Morgan fingerprint density at radius 3 is 2.82 bits per heavy atom. The Morgan fingerprint density at radius 1 is 1.45 bits per heavy atom. The van der Waals surface area contributed by atoms with Crippen molar-refractivity contribution in [3.63, 3.8) is 0 Å². The minimum Gasteiger partial charge on any atom is -0.503 e. The molecule has 0 aliphatic rings. The number of hydrazone groups is 1. The standard InChI is InChI=1S/C14H15ClN4O3/c1-7-8(2)17-14(18-13(7)21)19-16-6-9-4-5-10(22-3)12(20)11(9)15/h4-6,20H,1-3H3,(H2,17,18,19,21)/b16-6-. The second-order valence-corrected chi connectivity index (χ2v) is 4.89. The number of halogens is 1. The Hall–Kier alpha value is -2.54. The number of methoxy groups -OCH3 is 1. The normalized spacial score (nSPS) is 10.9. The summed E-state index contributed by atoms with van der Waals surface area (Å²) >= 11 is 6.01. The highest BCUT2D eigenvalue weighted by molar-refractivity contribution is 6.34. The molecular weight excluding hydrogens is 308 g/mol. The lowest BCUT2D eigenvalue weighted by Crippen LogP contribution is -2.15. The Bertz CT molecular complexity index is 786. The molecule has 0 amide bonds. The lowest BCUT2D eigenvalue weighted by molar-refractivity contribution is 0.373. The molecule has 3 N–H and O–H groups in total. The smallest absolute Gasteiger partial charge is 0.255 e. The summed E-state index contributed by atoms with van der Waals surface area (Å²) in [6.07, 6.45) is 1.40. The number of ether oxygens (including phenoxy) is 1. The Labute approximate surface area is 131 Å². The van der Waals surface area contributed by atoms with Gasteiger partial charge in [-0.15, -0.1) is 0 Å². The number of aromatic amines is 1. The summed E-state index contributed by atoms with van der Waals surface area (Å²) in [6, 6.07) is 3.21. The third-order valence-corrected chi connectivity index (χ3v) is 3.49. The Kier molecular flexibility index (Phi) is 4.67. The average molecular weight is 323 g/mol. The van der Waals surface area contributed by atoms with Crippen molar-refractivity contribution in [2.24, 2.45) is 5.10 Å². The molecule has 0 aliphatic heterocycles. The van der Waals surface area contributed by atoms with E-state index in [9.17, 15) is 9.90 Å². The summed E-state index contributed by atoms with van der Waals surface area (Å²) in [4.78, 5) is 18.3. The second-order valence-electron chi connectivity index (χ2n) is 4.51. The molecule has 1 aromatic carbocycles. The predicted molar refractivity (Wildman–Crippen MR) is 85.2 cm³/mol. The van der Waals surface area contributed by atoms with Crippen molar-refractivity contribution in [3.05, 3.63) is 44.3 Å². The minimum atomic E-state index is -0.231. The molecule has 0 atom stereocenters. The Balaban J connectivity index is 2.20. The van der Waals surface area contributed by atoms with Crippen LogP contribution in [-0.2, 0) is 0 Å². The molecule has 1 aromatic heterocycles. The molecule has 116 valence electrons. The maximum atomic E-state index is 11.6. The van der Waals surface area contributed by atoms with E-state index >= 15 is 0 Å². The maximum Gasteiger partial charge on any atom is 0.255 e. The monoisotopic (exact) mass is 322 g/mol. The van der Waals surface area contributed by atoms with Gasteiger partial charge in [0.05, 0.1) is 18.3 Å². The zero-order valence-corrected chi connectivity index (χ0v) is 13.0. The molecule has 7 nitrogen and oxygen atoms in total. The first-order valence-electron chi connectivity index (χ1n) is 6.36. The molecule has 0 bridgehead atoms. The fourth-order valence-electron chi connectivity index (χ4n) is 1.69. The van der Waals surface area contributed by atoms with Gasteiger partial charge in [-0.1, -0.05) is 11.6 Å². The van der Waals surface area contributed by atoms with E-state index in [0.29, 0.717) is 16.8 Å². The number of aromatic hydroxyl groups is 1. The van der Waals surface area contributed by atoms with E-state index in [4.69, 9.17) is 16.3 Å². The molecule has 0 aliphatic carbocycles. The third-order valence-electron chi connectivity index (χ3n) is 3.10. The number of H-pyrrole nitrogens is 1. The van der Waals surface area contributed by atoms with Crippen LogP contribution in [-0.4, -0.2) is 28.4 Å².